The number of carboxylic acid groups (broad SMARTS) is 1. The number of alkyl halides is 3. The SMILES string of the molecule is CCCC(C(=O)O)c1nc(C(F)(F)F)ns1. The van der Waals surface area contributed by atoms with E-state index in [1.54, 1.807) is 6.92 Å². The highest BCUT2D eigenvalue weighted by Crippen LogP contribution is 2.31. The second-order valence-corrected chi connectivity index (χ2v) is 3.92. The molecule has 1 heterocycles. The number of aromatic nitrogens is 2. The van der Waals surface area contributed by atoms with Crippen LogP contribution in [0.25, 0.3) is 0 Å². The number of rotatable bonds is 4. The van der Waals surface area contributed by atoms with Crippen molar-refractivity contribution in [1.82, 2.24) is 9.36 Å². The molecule has 4 nitrogen and oxygen atoms in total. The molecule has 0 aliphatic heterocycles. The quantitative estimate of drug-likeness (QED) is 0.896. The molecule has 0 aromatic carbocycles. The minimum absolute atomic E-state index is 0.0957. The van der Waals surface area contributed by atoms with Crippen LogP contribution in [-0.4, -0.2) is 20.4 Å². The molecule has 0 aliphatic rings. The predicted octanol–water partition coefficient (Wildman–Crippen LogP) is 2.53. The molecule has 8 heteroatoms. The molecule has 90 valence electrons. The van der Waals surface area contributed by atoms with Gasteiger partial charge in [0, 0.05) is 0 Å². The largest absolute Gasteiger partial charge is 0.481 e. The maximum absolute atomic E-state index is 12.2. The highest BCUT2D eigenvalue weighted by molar-refractivity contribution is 7.05. The normalized spacial score (nSPS) is 13.8. The van der Waals surface area contributed by atoms with E-state index in [9.17, 15) is 18.0 Å². The fourth-order valence-corrected chi connectivity index (χ4v) is 1.93. The van der Waals surface area contributed by atoms with Crippen molar-refractivity contribution in [2.75, 3.05) is 0 Å². The van der Waals surface area contributed by atoms with E-state index >= 15 is 0 Å². The summed E-state index contributed by atoms with van der Waals surface area (Å²) in [7, 11) is 0. The average molecular weight is 254 g/mol. The van der Waals surface area contributed by atoms with Gasteiger partial charge in [0.2, 0.25) is 5.82 Å². The minimum Gasteiger partial charge on any atom is -0.481 e. The van der Waals surface area contributed by atoms with Crippen molar-refractivity contribution in [2.24, 2.45) is 0 Å². The van der Waals surface area contributed by atoms with Crippen molar-refractivity contribution in [1.29, 1.82) is 0 Å². The lowest BCUT2D eigenvalue weighted by atomic mass is 10.1. The highest BCUT2D eigenvalue weighted by atomic mass is 32.1. The molecule has 1 atom stereocenters. The summed E-state index contributed by atoms with van der Waals surface area (Å²) in [6.07, 6.45) is -3.82. The van der Waals surface area contributed by atoms with Crippen molar-refractivity contribution in [2.45, 2.75) is 31.9 Å². The van der Waals surface area contributed by atoms with Gasteiger partial charge in [-0.15, -0.1) is 0 Å². The van der Waals surface area contributed by atoms with Gasteiger partial charge in [0.15, 0.2) is 0 Å². The second kappa shape index (κ2) is 4.77. The van der Waals surface area contributed by atoms with Crippen molar-refractivity contribution >= 4 is 17.5 Å². The van der Waals surface area contributed by atoms with Crippen LogP contribution in [0.2, 0.25) is 0 Å². The summed E-state index contributed by atoms with van der Waals surface area (Å²) in [5.74, 6) is -3.44. The van der Waals surface area contributed by atoms with Crippen molar-refractivity contribution in [3.63, 3.8) is 0 Å². The number of carboxylic acids is 1. The standard InChI is InChI=1S/C8H9F3N2O2S/c1-2-3-4(6(14)15)5-12-7(13-16-5)8(9,10)11/h4H,2-3H2,1H3,(H,14,15). The van der Waals surface area contributed by atoms with E-state index in [4.69, 9.17) is 5.11 Å². The van der Waals surface area contributed by atoms with E-state index in [-0.39, 0.29) is 11.4 Å². The van der Waals surface area contributed by atoms with Gasteiger partial charge in [0.05, 0.1) is 0 Å². The van der Waals surface area contributed by atoms with E-state index < -0.39 is 23.9 Å². The number of hydrogen-bond acceptors (Lipinski definition) is 4. The molecule has 0 spiro atoms. The fraction of sp³-hybridized carbons (Fsp3) is 0.625. The van der Waals surface area contributed by atoms with Gasteiger partial charge in [-0.25, -0.2) is 4.98 Å². The van der Waals surface area contributed by atoms with Crippen molar-refractivity contribution in [3.05, 3.63) is 10.8 Å². The highest BCUT2D eigenvalue weighted by Gasteiger charge is 2.37. The molecular weight excluding hydrogens is 245 g/mol. The van der Waals surface area contributed by atoms with Crippen LogP contribution in [0, 0.1) is 0 Å². The molecular formula is C8H9F3N2O2S. The third-order valence-electron chi connectivity index (χ3n) is 1.87. The van der Waals surface area contributed by atoms with E-state index in [2.05, 4.69) is 9.36 Å². The summed E-state index contributed by atoms with van der Waals surface area (Å²) < 4.78 is 39.7. The Morgan fingerprint density at radius 1 is 1.56 bits per heavy atom. The van der Waals surface area contributed by atoms with Gasteiger partial charge < -0.3 is 5.11 Å². The van der Waals surface area contributed by atoms with E-state index in [0.717, 1.165) is 0 Å². The molecule has 0 bridgehead atoms. The average Bonchev–Trinajstić information content (AvgIpc) is 2.61. The first-order valence-electron chi connectivity index (χ1n) is 4.49. The van der Waals surface area contributed by atoms with Crippen LogP contribution in [-0.2, 0) is 11.0 Å². The van der Waals surface area contributed by atoms with Crippen LogP contribution in [0.5, 0.6) is 0 Å². The molecule has 0 saturated heterocycles. The van der Waals surface area contributed by atoms with Crippen molar-refractivity contribution < 1.29 is 23.1 Å². The molecule has 0 fully saturated rings. The Kier molecular flexibility index (Phi) is 3.84. The topological polar surface area (TPSA) is 63.1 Å². The van der Waals surface area contributed by atoms with Gasteiger partial charge in [0.1, 0.15) is 10.9 Å². The molecule has 1 unspecified atom stereocenters. The lowest BCUT2D eigenvalue weighted by Crippen LogP contribution is -2.12. The molecule has 0 radical (unpaired) electrons. The Morgan fingerprint density at radius 3 is 2.56 bits per heavy atom. The second-order valence-electron chi connectivity index (χ2n) is 3.13. The fourth-order valence-electron chi connectivity index (χ4n) is 1.13. The lowest BCUT2D eigenvalue weighted by molar-refractivity contribution is -0.145. The van der Waals surface area contributed by atoms with Crippen LogP contribution in [0.3, 0.4) is 0 Å². The third-order valence-corrected chi connectivity index (χ3v) is 2.70. The number of carbonyl (C=O) groups is 1. The number of halogens is 3. The van der Waals surface area contributed by atoms with Gasteiger partial charge in [-0.05, 0) is 18.0 Å². The molecule has 1 aromatic heterocycles. The smallest absolute Gasteiger partial charge is 0.452 e. The molecule has 0 amide bonds. The number of aliphatic carboxylic acids is 1. The van der Waals surface area contributed by atoms with Crippen LogP contribution >= 0.6 is 11.5 Å². The zero-order chi connectivity index (χ0) is 12.3. The third kappa shape index (κ3) is 2.91. The molecule has 1 rings (SSSR count). The molecule has 16 heavy (non-hydrogen) atoms. The van der Waals surface area contributed by atoms with Gasteiger partial charge in [-0.2, -0.15) is 17.5 Å². The first-order valence-corrected chi connectivity index (χ1v) is 5.27. The summed E-state index contributed by atoms with van der Waals surface area (Å²) >= 11 is 0.491. The van der Waals surface area contributed by atoms with Gasteiger partial charge in [0.25, 0.3) is 0 Å². The number of hydrogen-bond donors (Lipinski definition) is 1. The monoisotopic (exact) mass is 254 g/mol. The van der Waals surface area contributed by atoms with Crippen LogP contribution in [0.4, 0.5) is 13.2 Å². The molecule has 1 aromatic rings. The summed E-state index contributed by atoms with van der Waals surface area (Å²) in [5.41, 5.74) is 0. The van der Waals surface area contributed by atoms with E-state index in [1.165, 1.54) is 0 Å². The first-order chi connectivity index (χ1) is 7.36. The van der Waals surface area contributed by atoms with Crippen LogP contribution < -0.4 is 0 Å². The summed E-state index contributed by atoms with van der Waals surface area (Å²) in [6, 6.07) is 0. The van der Waals surface area contributed by atoms with E-state index in [0.29, 0.717) is 18.0 Å². The predicted molar refractivity (Wildman–Crippen MR) is 50.2 cm³/mol. The molecule has 1 N–H and O–H groups in total. The van der Waals surface area contributed by atoms with Crippen LogP contribution in [0.1, 0.15) is 36.5 Å². The summed E-state index contributed by atoms with van der Waals surface area (Å²) in [5, 5.41) is 8.73. The van der Waals surface area contributed by atoms with Gasteiger partial charge in [-0.1, -0.05) is 13.3 Å². The molecule has 0 aliphatic carbocycles. The summed E-state index contributed by atoms with van der Waals surface area (Å²) in [6.45, 7) is 1.75. The maximum Gasteiger partial charge on any atom is 0.452 e. The summed E-state index contributed by atoms with van der Waals surface area (Å²) in [4.78, 5) is 14.0. The molecule has 0 saturated carbocycles. The zero-order valence-electron chi connectivity index (χ0n) is 8.28. The van der Waals surface area contributed by atoms with Gasteiger partial charge in [-0.3, -0.25) is 4.79 Å². The van der Waals surface area contributed by atoms with E-state index in [1.807, 2.05) is 0 Å². The Hall–Kier alpha value is -1.18. The Balaban J connectivity index is 2.95. The number of nitrogens with zero attached hydrogens (tertiary/aromatic N) is 2. The van der Waals surface area contributed by atoms with Gasteiger partial charge >= 0.3 is 12.1 Å². The van der Waals surface area contributed by atoms with Crippen molar-refractivity contribution in [3.8, 4) is 0 Å². The maximum atomic E-state index is 12.2. The lowest BCUT2D eigenvalue weighted by Gasteiger charge is -2.06. The zero-order valence-corrected chi connectivity index (χ0v) is 9.10. The Labute approximate surface area is 93.3 Å². The Bertz CT molecular complexity index is 378. The van der Waals surface area contributed by atoms with Crippen LogP contribution in [0.15, 0.2) is 0 Å². The first kappa shape index (κ1) is 12.9. The Morgan fingerprint density at radius 2 is 2.19 bits per heavy atom. The minimum atomic E-state index is -4.62.